The molecule has 0 radical (unpaired) electrons. The number of hydrogen-bond acceptors (Lipinski definition) is 7. The maximum atomic E-state index is 12.6. The molecular formula is C23H26N6O5S. The molecular weight excluding hydrogens is 472 g/mol. The molecule has 2 amide bonds. The van der Waals surface area contributed by atoms with Crippen LogP contribution in [0.2, 0.25) is 0 Å². The summed E-state index contributed by atoms with van der Waals surface area (Å²) in [5.41, 5.74) is 8.00. The molecule has 1 aliphatic heterocycles. The third-order valence-corrected chi connectivity index (χ3v) is 6.13. The van der Waals surface area contributed by atoms with E-state index in [1.807, 2.05) is 0 Å². The number of benzene rings is 2. The molecule has 11 nitrogen and oxygen atoms in total. The van der Waals surface area contributed by atoms with Crippen LogP contribution in [0.5, 0.6) is 0 Å². The Balaban J connectivity index is 1.40. The largest absolute Gasteiger partial charge is 0.380 e. The van der Waals surface area contributed by atoms with E-state index in [9.17, 15) is 18.0 Å². The molecule has 2 aromatic carbocycles. The van der Waals surface area contributed by atoms with Crippen LogP contribution in [-0.4, -0.2) is 69.6 Å². The number of amides is 2. The summed E-state index contributed by atoms with van der Waals surface area (Å²) in [5.74, 6) is 0.147. The number of rotatable bonds is 6. The van der Waals surface area contributed by atoms with E-state index in [0.717, 1.165) is 6.26 Å². The second-order valence-corrected chi connectivity index (χ2v) is 10.3. The smallest absolute Gasteiger partial charge is 0.252 e. The summed E-state index contributed by atoms with van der Waals surface area (Å²) < 4.78 is 32.1. The van der Waals surface area contributed by atoms with E-state index >= 15 is 0 Å². The Bertz CT molecular complexity index is 1410. The number of nitrogen functional groups attached to an aromatic ring is 1. The summed E-state index contributed by atoms with van der Waals surface area (Å²) in [6.45, 7) is 0.788. The van der Waals surface area contributed by atoms with Gasteiger partial charge in [-0.1, -0.05) is 5.16 Å². The molecule has 1 atom stereocenters. The Kier molecular flexibility index (Phi) is 6.48. The monoisotopic (exact) mass is 498 g/mol. The molecule has 1 aliphatic rings. The van der Waals surface area contributed by atoms with Gasteiger partial charge < -0.3 is 25.4 Å². The van der Waals surface area contributed by atoms with Crippen LogP contribution < -0.4 is 16.0 Å². The third-order valence-electron chi connectivity index (χ3n) is 5.63. The molecule has 0 spiro atoms. The molecule has 2 heterocycles. The number of anilines is 2. The molecule has 3 N–H and O–H groups in total. The first-order valence-corrected chi connectivity index (χ1v) is 12.7. The highest BCUT2D eigenvalue weighted by Crippen LogP contribution is 2.26. The van der Waals surface area contributed by atoms with Crippen molar-refractivity contribution in [2.75, 3.05) is 44.1 Å². The minimum atomic E-state index is -3.57. The van der Waals surface area contributed by atoms with Gasteiger partial charge in [-0.25, -0.2) is 8.42 Å². The highest BCUT2D eigenvalue weighted by molar-refractivity contribution is 7.89. The van der Waals surface area contributed by atoms with Crippen LogP contribution in [0, 0.1) is 5.92 Å². The second-order valence-electron chi connectivity index (χ2n) is 8.65. The Morgan fingerprint density at radius 3 is 2.57 bits per heavy atom. The summed E-state index contributed by atoms with van der Waals surface area (Å²) in [6.07, 6.45) is 1.34. The number of nitrogens with two attached hydrogens (primary N) is 1. The van der Waals surface area contributed by atoms with Gasteiger partial charge in [0.2, 0.25) is 5.91 Å². The predicted octanol–water partition coefficient (Wildman–Crippen LogP) is 1.46. The maximum absolute atomic E-state index is 12.6. The Hall–Kier alpha value is -3.93. The molecule has 35 heavy (non-hydrogen) atoms. The zero-order chi connectivity index (χ0) is 25.3. The predicted molar refractivity (Wildman–Crippen MR) is 133 cm³/mol. The van der Waals surface area contributed by atoms with Gasteiger partial charge in [-0.3, -0.25) is 9.59 Å². The van der Waals surface area contributed by atoms with Crippen molar-refractivity contribution in [3.63, 3.8) is 0 Å². The van der Waals surface area contributed by atoms with Gasteiger partial charge in [0.05, 0.1) is 11.6 Å². The average Bonchev–Trinajstić information content (AvgIpc) is 3.37. The van der Waals surface area contributed by atoms with E-state index in [-0.39, 0.29) is 23.6 Å². The minimum Gasteiger partial charge on any atom is -0.380 e. The van der Waals surface area contributed by atoms with Gasteiger partial charge in [0.15, 0.2) is 11.4 Å². The van der Waals surface area contributed by atoms with Crippen LogP contribution >= 0.6 is 0 Å². The minimum absolute atomic E-state index is 0.0479. The quantitative estimate of drug-likeness (QED) is 0.383. The molecule has 1 unspecified atom stereocenters. The van der Waals surface area contributed by atoms with Gasteiger partial charge >= 0.3 is 0 Å². The molecule has 4 rings (SSSR count). The number of hydrogen-bond donors (Lipinski definition) is 2. The number of fused-ring (bicyclic) bond motifs is 1. The number of aromatic nitrogens is 1. The molecule has 0 aliphatic carbocycles. The summed E-state index contributed by atoms with van der Waals surface area (Å²) in [6, 6.07) is 11.9. The second kappa shape index (κ2) is 9.37. The summed E-state index contributed by atoms with van der Waals surface area (Å²) in [4.78, 5) is 28.5. The van der Waals surface area contributed by atoms with Gasteiger partial charge in [0.1, 0.15) is 5.84 Å². The van der Waals surface area contributed by atoms with Crippen molar-refractivity contribution in [1.82, 2.24) is 15.4 Å². The normalized spacial score (nSPS) is 16.7. The van der Waals surface area contributed by atoms with E-state index in [1.165, 1.54) is 0 Å². The zero-order valence-electron chi connectivity index (χ0n) is 19.6. The van der Waals surface area contributed by atoms with Gasteiger partial charge in [-0.2, -0.15) is 0 Å². The van der Waals surface area contributed by atoms with Crippen molar-refractivity contribution >= 4 is 50.1 Å². The third kappa shape index (κ3) is 5.43. The van der Waals surface area contributed by atoms with Crippen molar-refractivity contribution in [1.29, 1.82) is 0 Å². The molecule has 1 saturated heterocycles. The fraction of sp³-hybridized carbons (Fsp3) is 0.304. The fourth-order valence-corrected chi connectivity index (χ4v) is 4.53. The molecule has 184 valence electrons. The van der Waals surface area contributed by atoms with E-state index in [2.05, 4.69) is 14.9 Å². The van der Waals surface area contributed by atoms with Gasteiger partial charge in [-0.05, 0) is 42.5 Å². The van der Waals surface area contributed by atoms with E-state index in [4.69, 9.17) is 10.3 Å². The van der Waals surface area contributed by atoms with Gasteiger partial charge in [0, 0.05) is 56.3 Å². The fourth-order valence-electron chi connectivity index (χ4n) is 3.95. The first-order chi connectivity index (χ1) is 16.5. The number of amidine groups is 1. The zero-order valence-corrected chi connectivity index (χ0v) is 20.4. The lowest BCUT2D eigenvalue weighted by atomic mass is 10.1. The SMILES string of the molecule is CN(C)C(=NS(C)(=O)=O)c1ccc(N2CC(CNC(=O)c3ccc4onc(N)c4c3)CC2=O)cc1. The summed E-state index contributed by atoms with van der Waals surface area (Å²) in [5, 5.41) is 7.13. The van der Waals surface area contributed by atoms with Crippen molar-refractivity contribution in [3.8, 4) is 0 Å². The van der Waals surface area contributed by atoms with E-state index in [1.54, 1.807) is 66.4 Å². The lowest BCUT2D eigenvalue weighted by Gasteiger charge is -2.19. The van der Waals surface area contributed by atoms with E-state index < -0.39 is 10.0 Å². The van der Waals surface area contributed by atoms with Crippen molar-refractivity contribution in [2.24, 2.45) is 10.3 Å². The standard InChI is InChI=1S/C23H26N6O5S/c1-28(2)22(27-35(3,32)33)15-4-7-17(8-5-15)29-13-14(10-20(29)30)12-25-23(31)16-6-9-19-18(11-16)21(24)26-34-19/h4-9,11,14H,10,12-13H2,1-3H3,(H2,24,26)(H,25,31). The molecule has 1 aromatic heterocycles. The topological polar surface area (TPSA) is 151 Å². The number of sulfonamides is 1. The van der Waals surface area contributed by atoms with Crippen molar-refractivity contribution < 1.29 is 22.5 Å². The highest BCUT2D eigenvalue weighted by Gasteiger charge is 2.31. The molecule has 0 bridgehead atoms. The van der Waals surface area contributed by atoms with Crippen LogP contribution in [0.3, 0.4) is 0 Å². The van der Waals surface area contributed by atoms with Crippen molar-refractivity contribution in [2.45, 2.75) is 6.42 Å². The summed E-state index contributed by atoms with van der Waals surface area (Å²) >= 11 is 0. The Morgan fingerprint density at radius 2 is 1.91 bits per heavy atom. The average molecular weight is 499 g/mol. The number of carbonyl (C=O) groups is 2. The number of carbonyl (C=O) groups excluding carboxylic acids is 2. The first-order valence-electron chi connectivity index (χ1n) is 10.8. The Morgan fingerprint density at radius 1 is 1.23 bits per heavy atom. The summed E-state index contributed by atoms with van der Waals surface area (Å²) in [7, 11) is -0.152. The van der Waals surface area contributed by atoms with Crippen LogP contribution in [0.4, 0.5) is 11.5 Å². The molecule has 0 saturated carbocycles. The van der Waals surface area contributed by atoms with Crippen LogP contribution in [0.25, 0.3) is 11.0 Å². The van der Waals surface area contributed by atoms with Gasteiger partial charge in [-0.15, -0.1) is 4.40 Å². The molecule has 1 fully saturated rings. The lowest BCUT2D eigenvalue weighted by molar-refractivity contribution is -0.117. The van der Waals surface area contributed by atoms with Gasteiger partial charge in [0.25, 0.3) is 15.9 Å². The lowest BCUT2D eigenvalue weighted by Crippen LogP contribution is -2.31. The maximum Gasteiger partial charge on any atom is 0.252 e. The number of nitrogens with zero attached hydrogens (tertiary/aromatic N) is 4. The van der Waals surface area contributed by atoms with Crippen LogP contribution in [0.1, 0.15) is 22.3 Å². The van der Waals surface area contributed by atoms with E-state index in [0.29, 0.717) is 53.1 Å². The number of nitrogens with one attached hydrogen (secondary N) is 1. The Labute approximate surface area is 202 Å². The molecule has 3 aromatic rings. The van der Waals surface area contributed by atoms with Crippen LogP contribution in [0.15, 0.2) is 51.4 Å². The first kappa shape index (κ1) is 24.2. The molecule has 12 heteroatoms. The van der Waals surface area contributed by atoms with Crippen LogP contribution in [-0.2, 0) is 14.8 Å². The van der Waals surface area contributed by atoms with Crippen molar-refractivity contribution in [3.05, 3.63) is 53.6 Å². The highest BCUT2D eigenvalue weighted by atomic mass is 32.2.